The fourth-order valence-electron chi connectivity index (χ4n) is 3.85. The maximum atomic E-state index is 12.9. The lowest BCUT2D eigenvalue weighted by atomic mass is 9.74. The van der Waals surface area contributed by atoms with E-state index in [9.17, 15) is 18.0 Å². The quantitative estimate of drug-likeness (QED) is 0.588. The van der Waals surface area contributed by atoms with Crippen molar-refractivity contribution in [2.45, 2.75) is 30.1 Å². The number of ether oxygens (including phenoxy) is 1. The van der Waals surface area contributed by atoms with E-state index < -0.39 is 15.9 Å². The van der Waals surface area contributed by atoms with Crippen molar-refractivity contribution < 1.29 is 22.7 Å². The lowest BCUT2D eigenvalue weighted by Crippen LogP contribution is -2.47. The van der Waals surface area contributed by atoms with Gasteiger partial charge in [0, 0.05) is 49.9 Å². The van der Waals surface area contributed by atoms with Crippen molar-refractivity contribution in [3.63, 3.8) is 0 Å². The largest absolute Gasteiger partial charge is 0.381 e. The number of sulfonamides is 1. The Kier molecular flexibility index (Phi) is 8.12. The first-order valence-corrected chi connectivity index (χ1v) is 12.4. The number of hydrogen-bond donors (Lipinski definition) is 2. The van der Waals surface area contributed by atoms with Crippen molar-refractivity contribution in [1.82, 2.24) is 9.62 Å². The first-order chi connectivity index (χ1) is 15.6. The molecule has 1 fully saturated rings. The van der Waals surface area contributed by atoms with Crippen LogP contribution in [0, 0.1) is 0 Å². The smallest absolute Gasteiger partial charge is 0.243 e. The van der Waals surface area contributed by atoms with Gasteiger partial charge in [-0.25, -0.2) is 8.42 Å². The van der Waals surface area contributed by atoms with Gasteiger partial charge in [0.15, 0.2) is 0 Å². The highest BCUT2D eigenvalue weighted by atomic mass is 35.5. The molecule has 2 N–H and O–H groups in total. The van der Waals surface area contributed by atoms with Gasteiger partial charge >= 0.3 is 0 Å². The van der Waals surface area contributed by atoms with Gasteiger partial charge in [-0.2, -0.15) is 4.31 Å². The molecular weight excluding hydrogens is 466 g/mol. The molecular formula is C23H28ClN3O5S. The Hall–Kier alpha value is -2.46. The molecule has 2 aromatic rings. The second-order valence-corrected chi connectivity index (χ2v) is 10.6. The Morgan fingerprint density at radius 2 is 1.79 bits per heavy atom. The lowest BCUT2D eigenvalue weighted by molar-refractivity contribution is -0.121. The molecule has 0 spiro atoms. The molecule has 1 aliphatic rings. The summed E-state index contributed by atoms with van der Waals surface area (Å²) in [6.45, 7) is 2.55. The van der Waals surface area contributed by atoms with Gasteiger partial charge in [0.2, 0.25) is 21.8 Å². The predicted molar refractivity (Wildman–Crippen MR) is 127 cm³/mol. The highest BCUT2D eigenvalue weighted by Gasteiger charge is 2.35. The van der Waals surface area contributed by atoms with Gasteiger partial charge < -0.3 is 15.4 Å². The van der Waals surface area contributed by atoms with Crippen LogP contribution in [0.5, 0.6) is 0 Å². The topological polar surface area (TPSA) is 105 Å². The number of nitrogens with one attached hydrogen (secondary N) is 2. The predicted octanol–water partition coefficient (Wildman–Crippen LogP) is 2.78. The Morgan fingerprint density at radius 1 is 1.12 bits per heavy atom. The van der Waals surface area contributed by atoms with Crippen LogP contribution in [0.3, 0.4) is 0 Å². The van der Waals surface area contributed by atoms with Crippen molar-refractivity contribution >= 4 is 39.1 Å². The summed E-state index contributed by atoms with van der Waals surface area (Å²) in [6.07, 6.45) is 1.45. The summed E-state index contributed by atoms with van der Waals surface area (Å²) >= 11 is 6.19. The lowest BCUT2D eigenvalue weighted by Gasteiger charge is -2.38. The van der Waals surface area contributed by atoms with Crippen molar-refractivity contribution in [2.24, 2.45) is 0 Å². The minimum absolute atomic E-state index is 0.0340. The number of hydrogen-bond acceptors (Lipinski definition) is 5. The molecule has 1 saturated heterocycles. The molecule has 1 aliphatic heterocycles. The zero-order chi connectivity index (χ0) is 24.1. The Morgan fingerprint density at radius 3 is 2.39 bits per heavy atom. The third kappa shape index (κ3) is 6.32. The molecule has 0 saturated carbocycles. The number of halogens is 1. The second-order valence-electron chi connectivity index (χ2n) is 8.15. The number of carbonyl (C=O) groups is 2. The minimum Gasteiger partial charge on any atom is -0.381 e. The normalized spacial score (nSPS) is 15.8. The zero-order valence-corrected chi connectivity index (χ0v) is 20.2. The fraction of sp³-hybridized carbons (Fsp3) is 0.391. The van der Waals surface area contributed by atoms with E-state index in [2.05, 4.69) is 10.6 Å². The van der Waals surface area contributed by atoms with Crippen molar-refractivity contribution in [2.75, 3.05) is 38.7 Å². The molecule has 1 heterocycles. The maximum Gasteiger partial charge on any atom is 0.243 e. The van der Waals surface area contributed by atoms with E-state index in [0.717, 1.165) is 22.7 Å². The average Bonchev–Trinajstić information content (AvgIpc) is 2.78. The fourth-order valence-corrected chi connectivity index (χ4v) is 5.17. The van der Waals surface area contributed by atoms with Crippen LogP contribution in [-0.4, -0.2) is 57.9 Å². The summed E-state index contributed by atoms with van der Waals surface area (Å²) < 4.78 is 32.2. The molecule has 0 radical (unpaired) electrons. The SMILES string of the molecule is CC(=O)Nc1ccc(S(=O)(=O)N(C)CC(=O)NCC2(c3cccc(Cl)c3)CCOCC2)cc1. The van der Waals surface area contributed by atoms with Crippen LogP contribution in [0.15, 0.2) is 53.4 Å². The number of nitrogens with zero attached hydrogens (tertiary/aromatic N) is 1. The zero-order valence-electron chi connectivity index (χ0n) is 18.6. The summed E-state index contributed by atoms with van der Waals surface area (Å²) in [5.74, 6) is -0.650. The van der Waals surface area contributed by atoms with Crippen LogP contribution in [0.25, 0.3) is 0 Å². The summed E-state index contributed by atoms with van der Waals surface area (Å²) in [5, 5.41) is 6.11. The molecule has 0 bridgehead atoms. The van der Waals surface area contributed by atoms with E-state index >= 15 is 0 Å². The molecule has 178 valence electrons. The first-order valence-electron chi connectivity index (χ1n) is 10.6. The molecule has 10 heteroatoms. The molecule has 3 rings (SSSR count). The molecule has 0 aliphatic carbocycles. The minimum atomic E-state index is -3.87. The number of carbonyl (C=O) groups excluding carboxylic acids is 2. The molecule has 0 unspecified atom stereocenters. The van der Waals surface area contributed by atoms with E-state index in [-0.39, 0.29) is 22.8 Å². The Bertz CT molecular complexity index is 1100. The number of rotatable bonds is 8. The highest BCUT2D eigenvalue weighted by Crippen LogP contribution is 2.35. The van der Waals surface area contributed by atoms with Crippen LogP contribution in [0.4, 0.5) is 5.69 Å². The van der Waals surface area contributed by atoms with Gasteiger partial charge in [-0.05, 0) is 54.8 Å². The molecule has 8 nitrogen and oxygen atoms in total. The number of benzene rings is 2. The summed E-state index contributed by atoms with van der Waals surface area (Å²) in [7, 11) is -2.51. The van der Waals surface area contributed by atoms with Crippen molar-refractivity contribution in [3.05, 3.63) is 59.1 Å². The van der Waals surface area contributed by atoms with Crippen molar-refractivity contribution in [1.29, 1.82) is 0 Å². The van der Waals surface area contributed by atoms with E-state index in [1.807, 2.05) is 18.2 Å². The van der Waals surface area contributed by atoms with Crippen LogP contribution in [0.1, 0.15) is 25.3 Å². The van der Waals surface area contributed by atoms with E-state index in [0.29, 0.717) is 30.5 Å². The van der Waals surface area contributed by atoms with Gasteiger partial charge in [0.1, 0.15) is 0 Å². The Balaban J connectivity index is 1.65. The molecule has 0 atom stereocenters. The third-order valence-electron chi connectivity index (χ3n) is 5.76. The standard InChI is InChI=1S/C23H28ClN3O5S/c1-17(28)26-20-6-8-21(9-7-20)33(30,31)27(2)15-22(29)25-16-23(10-12-32-13-11-23)18-4-3-5-19(24)14-18/h3-9,14H,10-13,15-16H2,1-2H3,(H,25,29)(H,26,28). The summed E-state index contributed by atoms with van der Waals surface area (Å²) in [6, 6.07) is 13.4. The third-order valence-corrected chi connectivity index (χ3v) is 7.81. The van der Waals surface area contributed by atoms with Crippen LogP contribution < -0.4 is 10.6 Å². The average molecular weight is 494 g/mol. The van der Waals surface area contributed by atoms with Gasteiger partial charge in [0.25, 0.3) is 0 Å². The van der Waals surface area contributed by atoms with Crippen LogP contribution in [-0.2, 0) is 29.8 Å². The van der Waals surface area contributed by atoms with Gasteiger partial charge in [-0.15, -0.1) is 0 Å². The van der Waals surface area contributed by atoms with Crippen LogP contribution >= 0.6 is 11.6 Å². The number of likely N-dealkylation sites (N-methyl/N-ethyl adjacent to an activating group) is 1. The van der Waals surface area contributed by atoms with E-state index in [1.54, 1.807) is 6.07 Å². The highest BCUT2D eigenvalue weighted by molar-refractivity contribution is 7.89. The Labute approximate surface area is 199 Å². The van der Waals surface area contributed by atoms with E-state index in [4.69, 9.17) is 16.3 Å². The molecule has 2 amide bonds. The maximum absolute atomic E-state index is 12.9. The van der Waals surface area contributed by atoms with Crippen LogP contribution in [0.2, 0.25) is 5.02 Å². The number of amides is 2. The molecule has 0 aromatic heterocycles. The number of anilines is 1. The summed E-state index contributed by atoms with van der Waals surface area (Å²) in [5.41, 5.74) is 1.19. The van der Waals surface area contributed by atoms with E-state index in [1.165, 1.54) is 38.2 Å². The van der Waals surface area contributed by atoms with Crippen molar-refractivity contribution in [3.8, 4) is 0 Å². The van der Waals surface area contributed by atoms with Gasteiger partial charge in [0.05, 0.1) is 11.4 Å². The molecule has 2 aromatic carbocycles. The second kappa shape index (κ2) is 10.6. The molecule has 33 heavy (non-hydrogen) atoms. The van der Waals surface area contributed by atoms with Gasteiger partial charge in [-0.3, -0.25) is 9.59 Å². The first kappa shape index (κ1) is 25.2. The van der Waals surface area contributed by atoms with Gasteiger partial charge in [-0.1, -0.05) is 23.7 Å². The summed E-state index contributed by atoms with van der Waals surface area (Å²) in [4.78, 5) is 23.8. The monoisotopic (exact) mass is 493 g/mol.